The molecule has 0 radical (unpaired) electrons. The lowest BCUT2D eigenvalue weighted by molar-refractivity contribution is 0.0970. The van der Waals surface area contributed by atoms with Crippen molar-refractivity contribution in [2.75, 3.05) is 0 Å². The predicted octanol–water partition coefficient (Wildman–Crippen LogP) is 2.05. The molecule has 0 atom stereocenters. The molecule has 2 rings (SSSR count). The molecule has 0 unspecified atom stereocenters. The van der Waals surface area contributed by atoms with E-state index >= 15 is 0 Å². The van der Waals surface area contributed by atoms with Crippen molar-refractivity contribution in [3.05, 3.63) is 34.2 Å². The van der Waals surface area contributed by atoms with Crippen LogP contribution in [-0.4, -0.2) is 16.1 Å². The second kappa shape index (κ2) is 2.92. The Labute approximate surface area is 88.4 Å². The molecular weight excluding hydrogens is 190 g/mol. The molecule has 1 heterocycles. The molecule has 3 nitrogen and oxygen atoms in total. The fourth-order valence-corrected chi connectivity index (χ4v) is 1.90. The van der Waals surface area contributed by atoms with Crippen LogP contribution in [0, 0.1) is 6.92 Å². The van der Waals surface area contributed by atoms with Gasteiger partial charge in [0.1, 0.15) is 5.69 Å². The van der Waals surface area contributed by atoms with E-state index in [2.05, 4.69) is 0 Å². The molecular formula is C12H13NO2. The standard InChI is InChI=1S/C12H13NO2/c1-6-5-9-10(13(6)4)12(15)8(3)7(2)11(9)14/h5H,1-4H3. The normalized spacial score (nSPS) is 16.0. The zero-order chi connectivity index (χ0) is 11.3. The van der Waals surface area contributed by atoms with Gasteiger partial charge in [0.25, 0.3) is 0 Å². The van der Waals surface area contributed by atoms with Crippen LogP contribution in [0.15, 0.2) is 17.2 Å². The summed E-state index contributed by atoms with van der Waals surface area (Å²) >= 11 is 0. The Bertz CT molecular complexity index is 518. The highest BCUT2D eigenvalue weighted by molar-refractivity contribution is 6.26. The van der Waals surface area contributed by atoms with Crippen molar-refractivity contribution in [3.63, 3.8) is 0 Å². The molecule has 0 saturated heterocycles. The number of aromatic nitrogens is 1. The highest BCUT2D eigenvalue weighted by atomic mass is 16.1. The molecule has 1 aliphatic rings. The maximum absolute atomic E-state index is 12.0. The van der Waals surface area contributed by atoms with Crippen molar-refractivity contribution in [1.82, 2.24) is 4.57 Å². The molecule has 0 bridgehead atoms. The van der Waals surface area contributed by atoms with Crippen molar-refractivity contribution >= 4 is 11.6 Å². The molecule has 0 amide bonds. The van der Waals surface area contributed by atoms with Crippen LogP contribution in [-0.2, 0) is 7.05 Å². The third kappa shape index (κ3) is 1.12. The van der Waals surface area contributed by atoms with E-state index in [1.165, 1.54) is 0 Å². The first-order valence-electron chi connectivity index (χ1n) is 4.88. The third-order valence-electron chi connectivity index (χ3n) is 3.18. The summed E-state index contributed by atoms with van der Waals surface area (Å²) in [6.07, 6.45) is 0. The van der Waals surface area contributed by atoms with Gasteiger partial charge in [-0.25, -0.2) is 0 Å². The van der Waals surface area contributed by atoms with Gasteiger partial charge in [-0.05, 0) is 26.8 Å². The summed E-state index contributed by atoms with van der Waals surface area (Å²) in [6, 6.07) is 1.78. The van der Waals surface area contributed by atoms with Gasteiger partial charge in [-0.3, -0.25) is 9.59 Å². The number of hydrogen-bond acceptors (Lipinski definition) is 2. The number of allylic oxidation sites excluding steroid dienone is 2. The van der Waals surface area contributed by atoms with E-state index in [1.54, 1.807) is 24.5 Å². The fourth-order valence-electron chi connectivity index (χ4n) is 1.90. The minimum absolute atomic E-state index is 0.0224. The number of carbonyl (C=O) groups is 2. The number of nitrogens with zero attached hydrogens (tertiary/aromatic N) is 1. The summed E-state index contributed by atoms with van der Waals surface area (Å²) in [7, 11) is 1.81. The van der Waals surface area contributed by atoms with Crippen LogP contribution in [0.1, 0.15) is 40.4 Å². The number of rotatable bonds is 0. The Balaban J connectivity index is 2.78. The topological polar surface area (TPSA) is 39.1 Å². The highest BCUT2D eigenvalue weighted by Crippen LogP contribution is 2.27. The minimum Gasteiger partial charge on any atom is -0.345 e. The molecule has 78 valence electrons. The zero-order valence-corrected chi connectivity index (χ0v) is 9.34. The molecule has 1 aromatic heterocycles. The van der Waals surface area contributed by atoms with Crippen molar-refractivity contribution in [3.8, 4) is 0 Å². The van der Waals surface area contributed by atoms with Gasteiger partial charge in [-0.1, -0.05) is 0 Å². The summed E-state index contributed by atoms with van der Waals surface area (Å²) < 4.78 is 1.78. The average molecular weight is 203 g/mol. The maximum Gasteiger partial charge on any atom is 0.206 e. The molecule has 0 saturated carbocycles. The number of ketones is 2. The first kappa shape index (κ1) is 9.90. The van der Waals surface area contributed by atoms with Gasteiger partial charge >= 0.3 is 0 Å². The lowest BCUT2D eigenvalue weighted by Crippen LogP contribution is -2.20. The van der Waals surface area contributed by atoms with Gasteiger partial charge < -0.3 is 4.57 Å². The molecule has 15 heavy (non-hydrogen) atoms. The maximum atomic E-state index is 12.0. The summed E-state index contributed by atoms with van der Waals surface area (Å²) in [5, 5.41) is 0. The Morgan fingerprint density at radius 2 is 1.53 bits per heavy atom. The van der Waals surface area contributed by atoms with Crippen molar-refractivity contribution < 1.29 is 9.59 Å². The largest absolute Gasteiger partial charge is 0.345 e. The van der Waals surface area contributed by atoms with E-state index in [9.17, 15) is 9.59 Å². The molecule has 0 aromatic carbocycles. The smallest absolute Gasteiger partial charge is 0.206 e. The molecule has 3 heteroatoms. The van der Waals surface area contributed by atoms with Gasteiger partial charge in [0.2, 0.25) is 5.78 Å². The Morgan fingerprint density at radius 3 is 2.13 bits per heavy atom. The first-order valence-corrected chi connectivity index (χ1v) is 4.88. The van der Waals surface area contributed by atoms with Crippen LogP contribution in [0.25, 0.3) is 0 Å². The minimum atomic E-state index is -0.0299. The lowest BCUT2D eigenvalue weighted by Gasteiger charge is -2.14. The lowest BCUT2D eigenvalue weighted by atomic mass is 9.90. The van der Waals surface area contributed by atoms with Crippen LogP contribution in [0.4, 0.5) is 0 Å². The molecule has 0 aliphatic heterocycles. The number of carbonyl (C=O) groups excluding carboxylic acids is 2. The molecule has 0 N–H and O–H groups in total. The second-order valence-electron chi connectivity index (χ2n) is 4.02. The molecule has 0 spiro atoms. The fraction of sp³-hybridized carbons (Fsp3) is 0.333. The van der Waals surface area contributed by atoms with E-state index in [4.69, 9.17) is 0 Å². The third-order valence-corrected chi connectivity index (χ3v) is 3.18. The van der Waals surface area contributed by atoms with Gasteiger partial charge in [0.15, 0.2) is 5.78 Å². The Hall–Kier alpha value is -1.64. The van der Waals surface area contributed by atoms with Crippen LogP contribution in [0.2, 0.25) is 0 Å². The summed E-state index contributed by atoms with van der Waals surface area (Å²) in [5.41, 5.74) is 3.14. The quantitative estimate of drug-likeness (QED) is 0.647. The van der Waals surface area contributed by atoms with Crippen molar-refractivity contribution in [1.29, 1.82) is 0 Å². The summed E-state index contributed by atoms with van der Waals surface area (Å²) in [6.45, 7) is 5.31. The average Bonchev–Trinajstić information content (AvgIpc) is 2.50. The summed E-state index contributed by atoms with van der Waals surface area (Å²) in [4.78, 5) is 23.9. The first-order chi connectivity index (χ1) is 6.95. The van der Waals surface area contributed by atoms with E-state index in [0.29, 0.717) is 22.4 Å². The van der Waals surface area contributed by atoms with Crippen LogP contribution < -0.4 is 0 Å². The molecule has 0 fully saturated rings. The molecule has 1 aliphatic carbocycles. The van der Waals surface area contributed by atoms with Gasteiger partial charge in [-0.15, -0.1) is 0 Å². The second-order valence-corrected chi connectivity index (χ2v) is 4.02. The zero-order valence-electron chi connectivity index (χ0n) is 9.34. The van der Waals surface area contributed by atoms with E-state index in [0.717, 1.165) is 5.69 Å². The molecule has 1 aromatic rings. The van der Waals surface area contributed by atoms with E-state index < -0.39 is 0 Å². The van der Waals surface area contributed by atoms with E-state index in [1.807, 2.05) is 14.0 Å². The SMILES string of the molecule is CC1=C(C)C(=O)c2c(cc(C)n2C)C1=O. The van der Waals surface area contributed by atoms with Crippen molar-refractivity contribution in [2.45, 2.75) is 20.8 Å². The van der Waals surface area contributed by atoms with Crippen LogP contribution in [0.3, 0.4) is 0 Å². The van der Waals surface area contributed by atoms with E-state index in [-0.39, 0.29) is 11.6 Å². The number of aryl methyl sites for hydroxylation is 1. The van der Waals surface area contributed by atoms with Gasteiger partial charge in [-0.2, -0.15) is 0 Å². The Kier molecular flexibility index (Phi) is 1.93. The highest BCUT2D eigenvalue weighted by Gasteiger charge is 2.30. The Morgan fingerprint density at radius 1 is 1.00 bits per heavy atom. The predicted molar refractivity (Wildman–Crippen MR) is 57.2 cm³/mol. The number of Topliss-reactive ketones (excluding diaryl/α,β-unsaturated/α-hetero) is 2. The number of fused-ring (bicyclic) bond motifs is 1. The monoisotopic (exact) mass is 203 g/mol. The summed E-state index contributed by atoms with van der Waals surface area (Å²) in [5.74, 6) is -0.0523. The number of hydrogen-bond donors (Lipinski definition) is 0. The van der Waals surface area contributed by atoms with Crippen LogP contribution >= 0.6 is 0 Å². The van der Waals surface area contributed by atoms with Crippen LogP contribution in [0.5, 0.6) is 0 Å². The van der Waals surface area contributed by atoms with Gasteiger partial charge in [0, 0.05) is 23.9 Å². The van der Waals surface area contributed by atoms with Crippen molar-refractivity contribution in [2.24, 2.45) is 7.05 Å². The van der Waals surface area contributed by atoms with Gasteiger partial charge in [0.05, 0.1) is 5.56 Å².